The van der Waals surface area contributed by atoms with Crippen molar-refractivity contribution in [3.05, 3.63) is 122 Å². The SMILES string of the molecule is CC/C=C\C/C=C\C/C=C\C/C=C\C/C=C\CCCCCC(=O)OCC(COC1OC(C(=O)O)C(O)C(O)C1OC(=O)CCCCCCCCC/C=C\CCCCCCCC)OC(=O)CCCCCCCC/C=C\C/C=C\C/C=C\C/C=C\CC. The summed E-state index contributed by atoms with van der Waals surface area (Å²) < 4.78 is 28.5. The number of aliphatic carboxylic acids is 1. The van der Waals surface area contributed by atoms with Crippen molar-refractivity contribution in [2.75, 3.05) is 13.2 Å². The van der Waals surface area contributed by atoms with Crippen LogP contribution in [-0.4, -0.2) is 89.2 Å². The fourth-order valence-corrected chi connectivity index (χ4v) is 9.44. The molecule has 1 rings (SSSR count). The second-order valence-electron chi connectivity index (χ2n) is 22.3. The van der Waals surface area contributed by atoms with E-state index in [1.807, 2.05) is 0 Å². The average Bonchev–Trinajstić information content (AvgIpc) is 3.46. The summed E-state index contributed by atoms with van der Waals surface area (Å²) in [6, 6.07) is 0. The minimum atomic E-state index is -1.92. The van der Waals surface area contributed by atoms with Crippen LogP contribution in [0.4, 0.5) is 0 Å². The second-order valence-corrected chi connectivity index (χ2v) is 22.3. The maximum absolute atomic E-state index is 13.2. The number of carboxylic acid groups (broad SMARTS) is 1. The summed E-state index contributed by atoms with van der Waals surface area (Å²) in [5, 5.41) is 31.6. The molecule has 0 saturated carbocycles. The van der Waals surface area contributed by atoms with Gasteiger partial charge in [-0.05, 0) is 128 Å². The Bertz CT molecular complexity index is 1940. The van der Waals surface area contributed by atoms with Crippen molar-refractivity contribution in [1.82, 2.24) is 0 Å². The molecule has 0 spiro atoms. The highest BCUT2D eigenvalue weighted by molar-refractivity contribution is 5.74. The molecule has 1 heterocycles. The molecule has 6 unspecified atom stereocenters. The minimum Gasteiger partial charge on any atom is -0.479 e. The quantitative estimate of drug-likeness (QED) is 0.0228. The first-order chi connectivity index (χ1) is 41.6. The zero-order valence-electron chi connectivity index (χ0n) is 53.3. The molecule has 0 radical (unpaired) electrons. The Morgan fingerprint density at radius 1 is 0.400 bits per heavy atom. The molecule has 0 bridgehead atoms. The lowest BCUT2D eigenvalue weighted by atomic mass is 9.98. The number of rotatable bonds is 56. The van der Waals surface area contributed by atoms with Crippen LogP contribution < -0.4 is 0 Å². The van der Waals surface area contributed by atoms with Gasteiger partial charge in [0.2, 0.25) is 0 Å². The number of hydrogen-bond acceptors (Lipinski definition) is 11. The van der Waals surface area contributed by atoms with Crippen LogP contribution in [0.25, 0.3) is 0 Å². The molecule has 6 atom stereocenters. The fourth-order valence-electron chi connectivity index (χ4n) is 9.44. The Balaban J connectivity index is 2.70. The Labute approximate surface area is 516 Å². The van der Waals surface area contributed by atoms with Gasteiger partial charge in [0.05, 0.1) is 6.61 Å². The predicted molar refractivity (Wildman–Crippen MR) is 349 cm³/mol. The van der Waals surface area contributed by atoms with Gasteiger partial charge in [0.15, 0.2) is 24.6 Å². The number of esters is 3. The first kappa shape index (κ1) is 78.1. The highest BCUT2D eigenvalue weighted by Crippen LogP contribution is 2.26. The Morgan fingerprint density at radius 2 is 0.741 bits per heavy atom. The first-order valence-corrected chi connectivity index (χ1v) is 33.5. The third kappa shape index (κ3) is 48.9. The molecule has 3 N–H and O–H groups in total. The van der Waals surface area contributed by atoms with Gasteiger partial charge in [-0.2, -0.15) is 0 Å². The molecule has 12 heteroatoms. The van der Waals surface area contributed by atoms with E-state index >= 15 is 0 Å². The molecular weight excluding hydrogens is 1070 g/mol. The van der Waals surface area contributed by atoms with Crippen molar-refractivity contribution in [2.45, 2.75) is 302 Å². The Kier molecular flexibility index (Phi) is 54.6. The van der Waals surface area contributed by atoms with Gasteiger partial charge in [0.1, 0.15) is 18.8 Å². The van der Waals surface area contributed by atoms with Gasteiger partial charge < -0.3 is 39.0 Å². The van der Waals surface area contributed by atoms with E-state index in [0.717, 1.165) is 154 Å². The van der Waals surface area contributed by atoms with E-state index in [1.165, 1.54) is 51.4 Å². The number of aliphatic hydroxyl groups is 2. The highest BCUT2D eigenvalue weighted by atomic mass is 16.7. The topological polar surface area (TPSA) is 175 Å². The van der Waals surface area contributed by atoms with Crippen LogP contribution in [0.5, 0.6) is 0 Å². The van der Waals surface area contributed by atoms with Crippen LogP contribution in [0.1, 0.15) is 265 Å². The zero-order valence-corrected chi connectivity index (χ0v) is 53.3. The number of carboxylic acids is 1. The summed E-state index contributed by atoms with van der Waals surface area (Å²) in [6.07, 6.45) is 70.0. The van der Waals surface area contributed by atoms with Crippen LogP contribution in [-0.2, 0) is 42.9 Å². The van der Waals surface area contributed by atoms with E-state index in [-0.39, 0.29) is 25.9 Å². The van der Waals surface area contributed by atoms with E-state index in [0.29, 0.717) is 19.3 Å². The lowest BCUT2D eigenvalue weighted by molar-refractivity contribution is -0.301. The lowest BCUT2D eigenvalue weighted by Gasteiger charge is -2.40. The molecule has 12 nitrogen and oxygen atoms in total. The van der Waals surface area contributed by atoms with Crippen molar-refractivity contribution < 1.29 is 58.2 Å². The Morgan fingerprint density at radius 3 is 1.15 bits per heavy atom. The van der Waals surface area contributed by atoms with Crippen LogP contribution in [0, 0.1) is 0 Å². The van der Waals surface area contributed by atoms with Gasteiger partial charge in [0.25, 0.3) is 0 Å². The molecule has 1 fully saturated rings. The molecule has 0 aromatic heterocycles. The number of carbonyl (C=O) groups excluding carboxylic acids is 3. The van der Waals surface area contributed by atoms with Crippen molar-refractivity contribution >= 4 is 23.9 Å². The standard InChI is InChI=1S/C73H118O12/c1-4-7-10-13-16-19-22-25-28-31-33-36-38-41-44-47-50-53-56-59-65(74)81-62-64(83-66(75)60-57-54-51-48-45-42-40-37-34-32-29-26-23-20-17-14-11-8-5-2)63-82-73-71(69(78)68(77)70(85-73)72(79)80)84-67(76)61-58-55-52-49-46-43-39-35-30-27-24-21-18-15-12-9-6-3/h7-8,10-11,16-17,19-20,25-30,33-34,36-37,41,44,64,68-71,73,77-78H,4-6,9,12-15,18,21-24,31-32,35,38-40,42-43,45-63H2,1-3H3,(H,79,80)/b10-7-,11-8-,19-16-,20-17-,28-25-,29-26-,30-27-,36-33-,37-34-,44-41-. The molecule has 1 aliphatic rings. The normalized spacial score (nSPS) is 18.2. The van der Waals surface area contributed by atoms with E-state index in [1.54, 1.807) is 0 Å². The number of carbonyl (C=O) groups is 4. The molecule has 482 valence electrons. The molecular formula is C73H118O12. The molecule has 0 aliphatic carbocycles. The third-order valence-corrected chi connectivity index (χ3v) is 14.5. The molecule has 0 amide bonds. The Hall–Kier alpha value is -4.88. The van der Waals surface area contributed by atoms with Crippen molar-refractivity contribution in [3.63, 3.8) is 0 Å². The first-order valence-electron chi connectivity index (χ1n) is 33.5. The molecule has 0 aromatic rings. The lowest BCUT2D eigenvalue weighted by Crippen LogP contribution is -2.61. The average molecular weight is 1190 g/mol. The minimum absolute atomic E-state index is 0.0450. The van der Waals surface area contributed by atoms with Crippen molar-refractivity contribution in [1.29, 1.82) is 0 Å². The van der Waals surface area contributed by atoms with E-state index in [4.69, 9.17) is 23.7 Å². The summed E-state index contributed by atoms with van der Waals surface area (Å²) in [5.74, 6) is -3.19. The summed E-state index contributed by atoms with van der Waals surface area (Å²) in [6.45, 7) is 5.74. The van der Waals surface area contributed by atoms with Gasteiger partial charge in [0, 0.05) is 19.3 Å². The van der Waals surface area contributed by atoms with Gasteiger partial charge in [-0.3, -0.25) is 14.4 Å². The third-order valence-electron chi connectivity index (χ3n) is 14.5. The maximum Gasteiger partial charge on any atom is 0.335 e. The van der Waals surface area contributed by atoms with Crippen molar-refractivity contribution in [2.24, 2.45) is 0 Å². The summed E-state index contributed by atoms with van der Waals surface area (Å²) in [5.41, 5.74) is 0. The predicted octanol–water partition coefficient (Wildman–Crippen LogP) is 18.3. The monoisotopic (exact) mass is 1190 g/mol. The molecule has 85 heavy (non-hydrogen) atoms. The summed E-state index contributed by atoms with van der Waals surface area (Å²) in [4.78, 5) is 51.4. The van der Waals surface area contributed by atoms with Gasteiger partial charge in [-0.25, -0.2) is 4.79 Å². The zero-order chi connectivity index (χ0) is 61.7. The van der Waals surface area contributed by atoms with Gasteiger partial charge in [-0.1, -0.05) is 239 Å². The van der Waals surface area contributed by atoms with E-state index < -0.39 is 67.3 Å². The number of ether oxygens (including phenoxy) is 5. The van der Waals surface area contributed by atoms with Crippen LogP contribution >= 0.6 is 0 Å². The molecule has 0 aromatic carbocycles. The fraction of sp³-hybridized carbons (Fsp3) is 0.671. The number of unbranched alkanes of at least 4 members (excludes halogenated alkanes) is 22. The van der Waals surface area contributed by atoms with Gasteiger partial charge in [-0.15, -0.1) is 0 Å². The maximum atomic E-state index is 13.2. The molecule has 1 aliphatic heterocycles. The van der Waals surface area contributed by atoms with Gasteiger partial charge >= 0.3 is 23.9 Å². The number of hydrogen-bond donors (Lipinski definition) is 3. The van der Waals surface area contributed by atoms with E-state index in [9.17, 15) is 34.5 Å². The second kappa shape index (κ2) is 59.5. The van der Waals surface area contributed by atoms with Crippen LogP contribution in [0.2, 0.25) is 0 Å². The van der Waals surface area contributed by atoms with E-state index in [2.05, 4.69) is 142 Å². The van der Waals surface area contributed by atoms with Crippen molar-refractivity contribution in [3.8, 4) is 0 Å². The van der Waals surface area contributed by atoms with Crippen LogP contribution in [0.3, 0.4) is 0 Å². The number of allylic oxidation sites excluding steroid dienone is 20. The summed E-state index contributed by atoms with van der Waals surface area (Å²) in [7, 11) is 0. The summed E-state index contributed by atoms with van der Waals surface area (Å²) >= 11 is 0. The smallest absolute Gasteiger partial charge is 0.335 e. The number of aliphatic hydroxyl groups excluding tert-OH is 2. The molecule has 1 saturated heterocycles. The largest absolute Gasteiger partial charge is 0.479 e. The van der Waals surface area contributed by atoms with Crippen LogP contribution in [0.15, 0.2) is 122 Å². The highest BCUT2D eigenvalue weighted by Gasteiger charge is 2.50.